The summed E-state index contributed by atoms with van der Waals surface area (Å²) in [6, 6.07) is 16.9. The van der Waals surface area contributed by atoms with Crippen LogP contribution in [0.25, 0.3) is 11.0 Å². The highest BCUT2D eigenvalue weighted by Crippen LogP contribution is 2.23. The highest BCUT2D eigenvalue weighted by Gasteiger charge is 2.26. The van der Waals surface area contributed by atoms with Crippen molar-refractivity contribution in [1.82, 2.24) is 9.62 Å². The normalized spacial score (nSPS) is 15.6. The molecule has 1 fully saturated rings. The summed E-state index contributed by atoms with van der Waals surface area (Å²) < 4.78 is 33.2. The van der Waals surface area contributed by atoms with E-state index in [4.69, 9.17) is 4.42 Å². The predicted molar refractivity (Wildman–Crippen MR) is 117 cm³/mol. The van der Waals surface area contributed by atoms with Crippen molar-refractivity contribution in [3.05, 3.63) is 71.5 Å². The van der Waals surface area contributed by atoms with Crippen LogP contribution in [-0.4, -0.2) is 38.9 Å². The number of carbonyl (C=O) groups is 1. The summed E-state index contributed by atoms with van der Waals surface area (Å²) in [5.41, 5.74) is 2.54. The molecule has 2 heterocycles. The van der Waals surface area contributed by atoms with Crippen molar-refractivity contribution in [2.45, 2.75) is 25.5 Å². The van der Waals surface area contributed by atoms with E-state index in [-0.39, 0.29) is 17.6 Å². The van der Waals surface area contributed by atoms with Gasteiger partial charge in [-0.2, -0.15) is 0 Å². The molecular weight excluding hydrogens is 400 g/mol. The lowest BCUT2D eigenvalue weighted by atomic mass is 9.97. The maximum Gasteiger partial charge on any atom is 0.289 e. The molecule has 1 N–H and O–H groups in total. The summed E-state index contributed by atoms with van der Waals surface area (Å²) in [6.07, 6.45) is 1.53. The number of piperidine rings is 1. The number of nitrogens with zero attached hydrogens (tertiary/aromatic N) is 1. The second-order valence-electron chi connectivity index (χ2n) is 7.98. The number of nitrogens with one attached hydrogen (secondary N) is 1. The third kappa shape index (κ3) is 4.91. The first-order valence-electron chi connectivity index (χ1n) is 10.2. The van der Waals surface area contributed by atoms with Gasteiger partial charge in [0.15, 0.2) is 5.76 Å². The summed E-state index contributed by atoms with van der Waals surface area (Å²) >= 11 is 0. The molecule has 0 spiro atoms. The van der Waals surface area contributed by atoms with Gasteiger partial charge in [-0.1, -0.05) is 48.0 Å². The van der Waals surface area contributed by atoms with Gasteiger partial charge in [-0.25, -0.2) is 13.1 Å². The predicted octanol–water partition coefficient (Wildman–Crippen LogP) is 3.71. The molecule has 1 saturated heterocycles. The monoisotopic (exact) mass is 426 g/mol. The Morgan fingerprint density at radius 1 is 1.10 bits per heavy atom. The van der Waals surface area contributed by atoms with Crippen molar-refractivity contribution in [3.8, 4) is 0 Å². The van der Waals surface area contributed by atoms with Gasteiger partial charge >= 0.3 is 0 Å². The fraction of sp³-hybridized carbons (Fsp3) is 0.348. The number of hydrogen-bond acceptors (Lipinski definition) is 4. The van der Waals surface area contributed by atoms with Gasteiger partial charge in [0.25, 0.3) is 5.91 Å². The molecule has 4 rings (SSSR count). The van der Waals surface area contributed by atoms with Gasteiger partial charge in [-0.3, -0.25) is 4.79 Å². The molecule has 158 valence electrons. The number of likely N-dealkylation sites (tertiary alicyclic amines) is 1. The molecule has 6 nitrogen and oxygen atoms in total. The summed E-state index contributed by atoms with van der Waals surface area (Å²) in [5.74, 6) is 0.452. The van der Waals surface area contributed by atoms with Crippen LogP contribution in [0, 0.1) is 12.8 Å². The molecule has 0 atom stereocenters. The van der Waals surface area contributed by atoms with Crippen molar-refractivity contribution in [2.24, 2.45) is 5.92 Å². The number of amides is 1. The van der Waals surface area contributed by atoms with Crippen LogP contribution in [0.1, 0.15) is 34.5 Å². The molecule has 1 aliphatic heterocycles. The minimum atomic E-state index is -3.38. The molecule has 1 aliphatic rings. The number of rotatable bonds is 6. The molecule has 0 bridgehead atoms. The van der Waals surface area contributed by atoms with Crippen molar-refractivity contribution in [1.29, 1.82) is 0 Å². The molecule has 0 radical (unpaired) electrons. The highest BCUT2D eigenvalue weighted by atomic mass is 32.2. The molecule has 3 aromatic rings. The maximum atomic E-state index is 12.7. The molecule has 30 heavy (non-hydrogen) atoms. The van der Waals surface area contributed by atoms with Gasteiger partial charge in [-0.05, 0) is 43.4 Å². The Labute approximate surface area is 176 Å². The molecule has 1 aromatic heterocycles. The Morgan fingerprint density at radius 3 is 2.60 bits per heavy atom. The zero-order valence-electron chi connectivity index (χ0n) is 17.0. The molecule has 0 saturated carbocycles. The highest BCUT2D eigenvalue weighted by molar-refractivity contribution is 7.88. The van der Waals surface area contributed by atoms with E-state index in [9.17, 15) is 13.2 Å². The van der Waals surface area contributed by atoms with Crippen molar-refractivity contribution >= 4 is 26.9 Å². The molecular formula is C23H26N2O4S. The van der Waals surface area contributed by atoms with Gasteiger partial charge in [0.2, 0.25) is 10.0 Å². The SMILES string of the molecule is Cc1cccc(CS(=O)(=O)NCC2CCN(C(=O)c3cc4ccccc4o3)CC2)c1. The number of aryl methyl sites for hydroxylation is 1. The van der Waals surface area contributed by atoms with Gasteiger partial charge in [0.05, 0.1) is 5.75 Å². The first-order chi connectivity index (χ1) is 14.4. The number of furan rings is 1. The van der Waals surface area contributed by atoms with Crippen LogP contribution < -0.4 is 4.72 Å². The average molecular weight is 427 g/mol. The minimum Gasteiger partial charge on any atom is -0.451 e. The van der Waals surface area contributed by atoms with E-state index in [0.717, 1.165) is 29.4 Å². The van der Waals surface area contributed by atoms with Gasteiger partial charge in [0, 0.05) is 25.0 Å². The fourth-order valence-corrected chi connectivity index (χ4v) is 5.11. The van der Waals surface area contributed by atoms with Crippen LogP contribution in [0.3, 0.4) is 0 Å². The van der Waals surface area contributed by atoms with Crippen molar-refractivity contribution < 1.29 is 17.6 Å². The van der Waals surface area contributed by atoms with Crippen molar-refractivity contribution in [2.75, 3.05) is 19.6 Å². The number of benzene rings is 2. The second-order valence-corrected chi connectivity index (χ2v) is 9.79. The summed E-state index contributed by atoms with van der Waals surface area (Å²) in [6.45, 7) is 3.55. The van der Waals surface area contributed by atoms with E-state index >= 15 is 0 Å². The van der Waals surface area contributed by atoms with Crippen LogP contribution in [-0.2, 0) is 15.8 Å². The lowest BCUT2D eigenvalue weighted by Gasteiger charge is -2.31. The van der Waals surface area contributed by atoms with E-state index in [2.05, 4.69) is 4.72 Å². The Bertz CT molecular complexity index is 1110. The third-order valence-electron chi connectivity index (χ3n) is 5.57. The summed E-state index contributed by atoms with van der Waals surface area (Å²) in [7, 11) is -3.38. The van der Waals surface area contributed by atoms with E-state index in [1.54, 1.807) is 11.0 Å². The number of sulfonamides is 1. The Hall–Kier alpha value is -2.64. The zero-order valence-corrected chi connectivity index (χ0v) is 17.8. The standard InChI is InChI=1S/C23H26N2O4S/c1-17-5-4-6-19(13-17)16-30(27,28)24-15-18-9-11-25(12-10-18)23(26)22-14-20-7-2-3-8-21(20)29-22/h2-8,13-14,18,24H,9-12,15-16H2,1H3. The Morgan fingerprint density at radius 2 is 1.87 bits per heavy atom. The van der Waals surface area contributed by atoms with E-state index in [1.807, 2.05) is 55.5 Å². The van der Waals surface area contributed by atoms with Crippen LogP contribution >= 0.6 is 0 Å². The molecule has 0 unspecified atom stereocenters. The lowest BCUT2D eigenvalue weighted by Crippen LogP contribution is -2.41. The van der Waals surface area contributed by atoms with E-state index in [0.29, 0.717) is 31.0 Å². The van der Waals surface area contributed by atoms with Crippen LogP contribution in [0.4, 0.5) is 0 Å². The molecule has 1 amide bonds. The zero-order chi connectivity index (χ0) is 21.1. The number of hydrogen-bond donors (Lipinski definition) is 1. The maximum absolute atomic E-state index is 12.7. The van der Waals surface area contributed by atoms with Crippen LogP contribution in [0.15, 0.2) is 59.0 Å². The summed E-state index contributed by atoms with van der Waals surface area (Å²) in [4.78, 5) is 14.5. The van der Waals surface area contributed by atoms with Crippen LogP contribution in [0.2, 0.25) is 0 Å². The topological polar surface area (TPSA) is 79.6 Å². The van der Waals surface area contributed by atoms with Gasteiger partial charge < -0.3 is 9.32 Å². The average Bonchev–Trinajstić information content (AvgIpc) is 3.16. The number of carbonyl (C=O) groups excluding carboxylic acids is 1. The van der Waals surface area contributed by atoms with Crippen LogP contribution in [0.5, 0.6) is 0 Å². The minimum absolute atomic E-state index is 0.0158. The second kappa shape index (κ2) is 8.62. The molecule has 2 aromatic carbocycles. The Balaban J connectivity index is 1.28. The summed E-state index contributed by atoms with van der Waals surface area (Å²) in [5, 5.41) is 0.916. The van der Waals surface area contributed by atoms with Gasteiger partial charge in [-0.15, -0.1) is 0 Å². The molecule has 7 heteroatoms. The number of para-hydroxylation sites is 1. The quantitative estimate of drug-likeness (QED) is 0.652. The van der Waals surface area contributed by atoms with E-state index < -0.39 is 10.0 Å². The van der Waals surface area contributed by atoms with Gasteiger partial charge in [0.1, 0.15) is 5.58 Å². The fourth-order valence-electron chi connectivity index (χ4n) is 3.90. The smallest absolute Gasteiger partial charge is 0.289 e. The first kappa shape index (κ1) is 20.6. The Kier molecular flexibility index (Phi) is 5.92. The third-order valence-corrected chi connectivity index (χ3v) is 6.89. The largest absolute Gasteiger partial charge is 0.451 e. The molecule has 0 aliphatic carbocycles. The van der Waals surface area contributed by atoms with E-state index in [1.165, 1.54) is 0 Å². The first-order valence-corrected chi connectivity index (χ1v) is 11.9. The lowest BCUT2D eigenvalue weighted by molar-refractivity contribution is 0.0662. The van der Waals surface area contributed by atoms with Crippen molar-refractivity contribution in [3.63, 3.8) is 0 Å². The number of fused-ring (bicyclic) bond motifs is 1.